The van der Waals surface area contributed by atoms with Crippen molar-refractivity contribution in [3.05, 3.63) is 98.2 Å². The molecule has 0 spiro atoms. The minimum atomic E-state index is -4.05. The van der Waals surface area contributed by atoms with Crippen molar-refractivity contribution in [3.8, 4) is 0 Å². The van der Waals surface area contributed by atoms with Crippen LogP contribution in [0.1, 0.15) is 11.1 Å². The van der Waals surface area contributed by atoms with Crippen LogP contribution in [0.2, 0.25) is 10.0 Å². The molecule has 0 atom stereocenters. The molecular formula is C23H20BrCl2FN2O3S. The highest BCUT2D eigenvalue weighted by Crippen LogP contribution is 2.26. The zero-order chi connectivity index (χ0) is 24.2. The van der Waals surface area contributed by atoms with Gasteiger partial charge in [-0.1, -0.05) is 63.4 Å². The lowest BCUT2D eigenvalue weighted by atomic mass is 10.2. The van der Waals surface area contributed by atoms with E-state index in [-0.39, 0.29) is 23.0 Å². The Morgan fingerprint density at radius 3 is 2.27 bits per heavy atom. The standard InChI is InChI=1S/C23H20BrCl2FN2O3S/c1-28(13-17-4-2-3-5-22(17)27)23(30)15-29(14-16-6-9-19(25)12-21(16)26)33(31,32)20-10-7-18(24)8-11-20/h2-12H,13-15H2,1H3. The van der Waals surface area contributed by atoms with Gasteiger partial charge in [0.15, 0.2) is 0 Å². The van der Waals surface area contributed by atoms with Crippen molar-refractivity contribution in [2.75, 3.05) is 13.6 Å². The topological polar surface area (TPSA) is 57.7 Å². The minimum absolute atomic E-state index is 0.000616. The second-order valence-electron chi connectivity index (χ2n) is 7.30. The molecule has 3 rings (SSSR count). The molecule has 0 N–H and O–H groups in total. The molecule has 0 fully saturated rings. The van der Waals surface area contributed by atoms with Gasteiger partial charge in [-0.2, -0.15) is 4.31 Å². The van der Waals surface area contributed by atoms with E-state index in [1.165, 1.54) is 36.2 Å². The van der Waals surface area contributed by atoms with Crippen molar-refractivity contribution < 1.29 is 17.6 Å². The summed E-state index contributed by atoms with van der Waals surface area (Å²) in [7, 11) is -2.56. The lowest BCUT2D eigenvalue weighted by Crippen LogP contribution is -2.41. The summed E-state index contributed by atoms with van der Waals surface area (Å²) in [5.74, 6) is -0.937. The zero-order valence-corrected chi connectivity index (χ0v) is 21.4. The maximum atomic E-state index is 14.0. The number of amides is 1. The predicted octanol–water partition coefficient (Wildman–Crippen LogP) is 5.74. The third-order valence-corrected chi connectivity index (χ3v) is 7.84. The Hall–Kier alpha value is -1.97. The second-order valence-corrected chi connectivity index (χ2v) is 11.0. The first kappa shape index (κ1) is 25.6. The van der Waals surface area contributed by atoms with Crippen LogP contribution in [-0.2, 0) is 27.9 Å². The molecule has 33 heavy (non-hydrogen) atoms. The zero-order valence-electron chi connectivity index (χ0n) is 17.5. The predicted molar refractivity (Wildman–Crippen MR) is 131 cm³/mol. The molecule has 10 heteroatoms. The number of sulfonamides is 1. The number of carbonyl (C=O) groups excluding carboxylic acids is 1. The summed E-state index contributed by atoms with van der Waals surface area (Å²) in [6.45, 7) is -0.602. The van der Waals surface area contributed by atoms with Crippen LogP contribution in [0.25, 0.3) is 0 Å². The van der Waals surface area contributed by atoms with E-state index in [1.807, 2.05) is 0 Å². The number of hydrogen-bond acceptors (Lipinski definition) is 3. The number of carbonyl (C=O) groups is 1. The van der Waals surface area contributed by atoms with Gasteiger partial charge in [0.05, 0.1) is 11.4 Å². The fraction of sp³-hybridized carbons (Fsp3) is 0.174. The van der Waals surface area contributed by atoms with Gasteiger partial charge in [0.2, 0.25) is 15.9 Å². The highest BCUT2D eigenvalue weighted by atomic mass is 79.9. The lowest BCUT2D eigenvalue weighted by Gasteiger charge is -2.25. The molecule has 0 aromatic heterocycles. The molecule has 3 aromatic carbocycles. The molecule has 5 nitrogen and oxygen atoms in total. The van der Waals surface area contributed by atoms with E-state index in [1.54, 1.807) is 42.5 Å². The molecule has 0 saturated heterocycles. The van der Waals surface area contributed by atoms with E-state index in [9.17, 15) is 17.6 Å². The average molecular weight is 574 g/mol. The van der Waals surface area contributed by atoms with Crippen molar-refractivity contribution in [1.29, 1.82) is 0 Å². The number of hydrogen-bond donors (Lipinski definition) is 0. The minimum Gasteiger partial charge on any atom is -0.340 e. The number of benzene rings is 3. The van der Waals surface area contributed by atoms with Gasteiger partial charge in [-0.25, -0.2) is 12.8 Å². The van der Waals surface area contributed by atoms with Gasteiger partial charge >= 0.3 is 0 Å². The van der Waals surface area contributed by atoms with Gasteiger partial charge in [0, 0.05) is 40.2 Å². The monoisotopic (exact) mass is 572 g/mol. The summed E-state index contributed by atoms with van der Waals surface area (Å²) in [5, 5.41) is 0.692. The molecule has 0 unspecified atom stereocenters. The molecule has 174 valence electrons. The summed E-state index contributed by atoms with van der Waals surface area (Å²) in [4.78, 5) is 14.3. The molecule has 0 aliphatic rings. The smallest absolute Gasteiger partial charge is 0.243 e. The van der Waals surface area contributed by atoms with Crippen molar-refractivity contribution in [3.63, 3.8) is 0 Å². The van der Waals surface area contributed by atoms with Crippen LogP contribution in [-0.4, -0.2) is 37.1 Å². The highest BCUT2D eigenvalue weighted by molar-refractivity contribution is 9.10. The summed E-state index contributed by atoms with van der Waals surface area (Å²) in [6.07, 6.45) is 0. The molecule has 0 radical (unpaired) electrons. The van der Waals surface area contributed by atoms with E-state index >= 15 is 0 Å². The number of nitrogens with zero attached hydrogens (tertiary/aromatic N) is 2. The Balaban J connectivity index is 1.89. The number of likely N-dealkylation sites (N-methyl/N-ethyl adjacent to an activating group) is 1. The van der Waals surface area contributed by atoms with Crippen LogP contribution >= 0.6 is 39.1 Å². The van der Waals surface area contributed by atoms with Crippen LogP contribution in [0, 0.1) is 5.82 Å². The normalized spacial score (nSPS) is 11.6. The average Bonchev–Trinajstić information content (AvgIpc) is 2.76. The maximum Gasteiger partial charge on any atom is 0.243 e. The van der Waals surface area contributed by atoms with E-state index in [2.05, 4.69) is 15.9 Å². The summed E-state index contributed by atoms with van der Waals surface area (Å²) in [5.41, 5.74) is 0.822. The van der Waals surface area contributed by atoms with Crippen LogP contribution in [0.3, 0.4) is 0 Å². The summed E-state index contributed by atoms with van der Waals surface area (Å²) >= 11 is 15.5. The van der Waals surface area contributed by atoms with Crippen LogP contribution in [0.4, 0.5) is 4.39 Å². The third kappa shape index (κ3) is 6.55. The largest absolute Gasteiger partial charge is 0.340 e. The number of rotatable bonds is 8. The van der Waals surface area contributed by atoms with Crippen LogP contribution in [0.5, 0.6) is 0 Å². The van der Waals surface area contributed by atoms with Gasteiger partial charge in [0.25, 0.3) is 0 Å². The molecular weight excluding hydrogens is 554 g/mol. The fourth-order valence-corrected chi connectivity index (χ4v) is 5.16. The van der Waals surface area contributed by atoms with Gasteiger partial charge < -0.3 is 4.90 Å². The molecule has 0 aliphatic heterocycles. The Morgan fingerprint density at radius 2 is 1.64 bits per heavy atom. The van der Waals surface area contributed by atoms with Gasteiger partial charge in [-0.3, -0.25) is 4.79 Å². The Bertz CT molecular complexity index is 1260. The van der Waals surface area contributed by atoms with Crippen molar-refractivity contribution in [1.82, 2.24) is 9.21 Å². The molecule has 0 aliphatic carbocycles. The molecule has 3 aromatic rings. The van der Waals surface area contributed by atoms with Crippen LogP contribution < -0.4 is 0 Å². The van der Waals surface area contributed by atoms with Crippen molar-refractivity contribution in [2.45, 2.75) is 18.0 Å². The lowest BCUT2D eigenvalue weighted by molar-refractivity contribution is -0.130. The van der Waals surface area contributed by atoms with E-state index in [4.69, 9.17) is 23.2 Å². The Labute approximate surface area is 210 Å². The van der Waals surface area contributed by atoms with Crippen molar-refractivity contribution in [2.24, 2.45) is 0 Å². The molecule has 0 bridgehead atoms. The number of halogens is 4. The second kappa shape index (κ2) is 11.0. The Morgan fingerprint density at radius 1 is 0.970 bits per heavy atom. The SMILES string of the molecule is CN(Cc1ccccc1F)C(=O)CN(Cc1ccc(Cl)cc1Cl)S(=O)(=O)c1ccc(Br)cc1. The molecule has 0 heterocycles. The molecule has 1 amide bonds. The van der Waals surface area contributed by atoms with Gasteiger partial charge in [-0.15, -0.1) is 0 Å². The van der Waals surface area contributed by atoms with E-state index in [0.29, 0.717) is 16.1 Å². The maximum absolute atomic E-state index is 14.0. The summed E-state index contributed by atoms with van der Waals surface area (Å²) < 4.78 is 42.6. The van der Waals surface area contributed by atoms with E-state index < -0.39 is 28.3 Å². The summed E-state index contributed by atoms with van der Waals surface area (Å²) in [6, 6.07) is 16.9. The fourth-order valence-electron chi connectivity index (χ4n) is 3.06. The first-order chi connectivity index (χ1) is 15.6. The Kier molecular flexibility index (Phi) is 8.53. The first-order valence-electron chi connectivity index (χ1n) is 9.75. The van der Waals surface area contributed by atoms with Crippen LogP contribution in [0.15, 0.2) is 76.1 Å². The van der Waals surface area contributed by atoms with E-state index in [0.717, 1.165) is 8.78 Å². The first-order valence-corrected chi connectivity index (χ1v) is 12.7. The van der Waals surface area contributed by atoms with Crippen molar-refractivity contribution >= 4 is 55.1 Å². The highest BCUT2D eigenvalue weighted by Gasteiger charge is 2.29. The van der Waals surface area contributed by atoms with Gasteiger partial charge in [0.1, 0.15) is 5.82 Å². The van der Waals surface area contributed by atoms with Gasteiger partial charge in [-0.05, 0) is 48.0 Å². The quantitative estimate of drug-likeness (QED) is 0.345. The molecule has 0 saturated carbocycles. The third-order valence-electron chi connectivity index (χ3n) is 4.92.